The minimum absolute atomic E-state index is 0.0722. The SMILES string of the molecule is CC(C)(C)OC(=O)CC1CCC(Nc2ccc3c(=O)n(COCC[Si](C)(C)C)cc(-c4cc5ccccc5o4)c3c2)CC1.NC1CCC(Nc2ccc3c(=O)[nH]cc(-c4cc5ccccc5o4)c3c2)CC1. The molecule has 8 aromatic rings. The van der Waals surface area contributed by atoms with Crippen LogP contribution in [0.3, 0.4) is 0 Å². The van der Waals surface area contributed by atoms with Crippen LogP contribution in [0.4, 0.5) is 11.4 Å². The average molecular weight is 976 g/mol. The number of nitrogens with two attached hydrogens (primary N) is 1. The van der Waals surface area contributed by atoms with Gasteiger partial charge in [-0.3, -0.25) is 19.0 Å². The van der Waals surface area contributed by atoms with Gasteiger partial charge in [0.15, 0.2) is 0 Å². The predicted molar refractivity (Wildman–Crippen MR) is 291 cm³/mol. The Morgan fingerprint density at radius 3 is 1.85 bits per heavy atom. The molecule has 0 saturated heterocycles. The molecule has 2 saturated carbocycles. The number of nitrogens with zero attached hydrogens (tertiary/aromatic N) is 1. The summed E-state index contributed by atoms with van der Waals surface area (Å²) in [6.07, 6.45) is 12.3. The topological polar surface area (TPSA) is 167 Å². The maximum absolute atomic E-state index is 13.6. The number of benzene rings is 4. The number of ether oxygens (including phenoxy) is 2. The highest BCUT2D eigenvalue weighted by Gasteiger charge is 2.26. The summed E-state index contributed by atoms with van der Waals surface area (Å²) in [5, 5.41) is 12.4. The van der Waals surface area contributed by atoms with Crippen molar-refractivity contribution in [1.29, 1.82) is 0 Å². The number of esters is 1. The number of furan rings is 2. The van der Waals surface area contributed by atoms with Crippen LogP contribution in [0.2, 0.25) is 25.7 Å². The first-order chi connectivity index (χ1) is 34.0. The van der Waals surface area contributed by atoms with E-state index in [1.54, 1.807) is 10.8 Å². The number of hydrogen-bond donors (Lipinski definition) is 4. The first-order valence-electron chi connectivity index (χ1n) is 25.4. The summed E-state index contributed by atoms with van der Waals surface area (Å²) in [6.45, 7) is 13.5. The van der Waals surface area contributed by atoms with Crippen LogP contribution in [0.1, 0.15) is 78.6 Å². The number of anilines is 2. The molecule has 0 aliphatic heterocycles. The zero-order valence-electron chi connectivity index (χ0n) is 42.1. The highest BCUT2D eigenvalue weighted by Crippen LogP contribution is 2.36. The second-order valence-corrected chi connectivity index (χ2v) is 27.5. The Bertz CT molecular complexity index is 3200. The molecule has 2 aliphatic rings. The summed E-state index contributed by atoms with van der Waals surface area (Å²) >= 11 is 0. The molecule has 0 unspecified atom stereocenters. The predicted octanol–water partition coefficient (Wildman–Crippen LogP) is 13.1. The van der Waals surface area contributed by atoms with Gasteiger partial charge < -0.3 is 39.7 Å². The summed E-state index contributed by atoms with van der Waals surface area (Å²) < 4.78 is 25.5. The number of para-hydroxylation sites is 2. The fourth-order valence-electron chi connectivity index (χ4n) is 9.96. The van der Waals surface area contributed by atoms with Crippen LogP contribution in [0, 0.1) is 5.92 Å². The van der Waals surface area contributed by atoms with Crippen molar-refractivity contribution < 1.29 is 23.1 Å². The standard InChI is InChI=1S/C35H46N2O5Si.C23H23N3O2/c1-35(2,3)42-33(38)19-24-11-13-26(14-12-24)36-27-15-16-28-29(21-27)30(32-20-25-9-7-8-10-31(25)41-32)22-37(34(28)39)23-40-17-18-43(4,5)6;24-15-5-7-16(8-6-15)26-17-9-10-18-19(12-17)20(13-25-23(18)27)22-11-14-3-1-2-4-21(14)28-22/h7-10,15-16,20-22,24,26,36H,11-14,17-19,23H2,1-6H3;1-4,9-13,15-16,26H,5-8,24H2,(H,25,27). The fraction of sp³-hybridized carbons (Fsp3) is 0.397. The summed E-state index contributed by atoms with van der Waals surface area (Å²) in [5.74, 6) is 1.73. The second-order valence-electron chi connectivity index (χ2n) is 21.9. The maximum atomic E-state index is 13.6. The van der Waals surface area contributed by atoms with Gasteiger partial charge in [-0.15, -0.1) is 0 Å². The van der Waals surface area contributed by atoms with Gasteiger partial charge in [0.25, 0.3) is 11.1 Å². The molecule has 0 spiro atoms. The number of aromatic nitrogens is 2. The largest absolute Gasteiger partial charge is 0.460 e. The summed E-state index contributed by atoms with van der Waals surface area (Å²) in [4.78, 5) is 41.1. The van der Waals surface area contributed by atoms with E-state index in [1.807, 2.05) is 112 Å². The molecule has 2 aliphatic carbocycles. The molecule has 4 aromatic heterocycles. The summed E-state index contributed by atoms with van der Waals surface area (Å²) in [5.41, 5.74) is 10.8. The molecular weight excluding hydrogens is 907 g/mol. The Kier molecular flexibility index (Phi) is 14.7. The molecule has 4 heterocycles. The van der Waals surface area contributed by atoms with E-state index in [9.17, 15) is 14.4 Å². The fourth-order valence-corrected chi connectivity index (χ4v) is 10.7. The molecular formula is C58H69N5O7Si. The molecule has 71 heavy (non-hydrogen) atoms. The van der Waals surface area contributed by atoms with E-state index in [2.05, 4.69) is 47.4 Å². The number of fused-ring (bicyclic) bond motifs is 4. The van der Waals surface area contributed by atoms with Gasteiger partial charge in [-0.05, 0) is 145 Å². The van der Waals surface area contributed by atoms with E-state index in [0.29, 0.717) is 47.8 Å². The molecule has 2 fully saturated rings. The van der Waals surface area contributed by atoms with Crippen molar-refractivity contribution in [2.75, 3.05) is 17.2 Å². The van der Waals surface area contributed by atoms with Crippen molar-refractivity contribution in [1.82, 2.24) is 9.55 Å². The molecule has 0 atom stereocenters. The molecule has 5 N–H and O–H groups in total. The van der Waals surface area contributed by atoms with E-state index in [0.717, 1.165) is 124 Å². The molecule has 4 aromatic carbocycles. The van der Waals surface area contributed by atoms with Gasteiger partial charge in [-0.25, -0.2) is 0 Å². The van der Waals surface area contributed by atoms with Gasteiger partial charge in [0.1, 0.15) is 35.0 Å². The van der Waals surface area contributed by atoms with E-state index >= 15 is 0 Å². The van der Waals surface area contributed by atoms with Crippen LogP contribution >= 0.6 is 0 Å². The number of aromatic amines is 1. The van der Waals surface area contributed by atoms with E-state index < -0.39 is 13.7 Å². The highest BCUT2D eigenvalue weighted by atomic mass is 28.3. The first kappa shape index (κ1) is 49.6. The number of pyridine rings is 2. The minimum Gasteiger partial charge on any atom is -0.460 e. The Labute approximate surface area is 416 Å². The Morgan fingerprint density at radius 2 is 1.27 bits per heavy atom. The van der Waals surface area contributed by atoms with Crippen molar-refractivity contribution in [2.24, 2.45) is 11.7 Å². The Morgan fingerprint density at radius 1 is 0.718 bits per heavy atom. The van der Waals surface area contributed by atoms with Crippen LogP contribution in [0.5, 0.6) is 0 Å². The molecule has 10 rings (SSSR count). The third-order valence-corrected chi connectivity index (χ3v) is 15.5. The number of hydrogen-bond acceptors (Lipinski definition) is 10. The summed E-state index contributed by atoms with van der Waals surface area (Å²) in [6, 6.07) is 33.9. The Balaban J connectivity index is 0.000000191. The lowest BCUT2D eigenvalue weighted by molar-refractivity contribution is -0.156. The lowest BCUT2D eigenvalue weighted by atomic mass is 9.84. The van der Waals surface area contributed by atoms with Crippen LogP contribution in [-0.2, 0) is 21.0 Å². The molecule has 12 nitrogen and oxygen atoms in total. The van der Waals surface area contributed by atoms with E-state index in [-0.39, 0.29) is 23.8 Å². The highest BCUT2D eigenvalue weighted by molar-refractivity contribution is 6.76. The quantitative estimate of drug-likeness (QED) is 0.0496. The van der Waals surface area contributed by atoms with Crippen LogP contribution in [0.25, 0.3) is 66.1 Å². The van der Waals surface area contributed by atoms with Crippen molar-refractivity contribution in [3.05, 3.63) is 130 Å². The van der Waals surface area contributed by atoms with Crippen LogP contribution in [-0.4, -0.2) is 53.9 Å². The van der Waals surface area contributed by atoms with Crippen molar-refractivity contribution in [2.45, 2.75) is 135 Å². The third kappa shape index (κ3) is 12.4. The van der Waals surface area contributed by atoms with Crippen molar-refractivity contribution >= 4 is 68.9 Å². The monoisotopic (exact) mass is 975 g/mol. The van der Waals surface area contributed by atoms with Gasteiger partial charge in [0, 0.05) is 106 Å². The van der Waals surface area contributed by atoms with Gasteiger partial charge in [0.05, 0.1) is 0 Å². The number of rotatable bonds is 13. The Hall–Kier alpha value is -6.41. The molecule has 0 amide bonds. The number of carbonyl (C=O) groups is 1. The third-order valence-electron chi connectivity index (χ3n) is 13.8. The van der Waals surface area contributed by atoms with Crippen LogP contribution in [0.15, 0.2) is 128 Å². The summed E-state index contributed by atoms with van der Waals surface area (Å²) in [7, 11) is -1.24. The van der Waals surface area contributed by atoms with Gasteiger partial charge in [-0.2, -0.15) is 0 Å². The zero-order valence-corrected chi connectivity index (χ0v) is 43.1. The normalized spacial score (nSPS) is 18.6. The van der Waals surface area contributed by atoms with Gasteiger partial charge in [0.2, 0.25) is 0 Å². The number of H-pyrrole nitrogens is 1. The van der Waals surface area contributed by atoms with E-state index in [1.165, 1.54) is 0 Å². The molecule has 372 valence electrons. The zero-order chi connectivity index (χ0) is 49.9. The minimum atomic E-state index is -1.24. The average Bonchev–Trinajstić information content (AvgIpc) is 3.97. The smallest absolute Gasteiger partial charge is 0.306 e. The first-order valence-corrected chi connectivity index (χ1v) is 29.1. The molecule has 13 heteroatoms. The maximum Gasteiger partial charge on any atom is 0.306 e. The lowest BCUT2D eigenvalue weighted by Gasteiger charge is -2.30. The number of nitrogens with one attached hydrogen (secondary N) is 3. The van der Waals surface area contributed by atoms with Gasteiger partial charge >= 0.3 is 5.97 Å². The molecule has 0 bridgehead atoms. The lowest BCUT2D eigenvalue weighted by Crippen LogP contribution is -2.32. The van der Waals surface area contributed by atoms with Crippen molar-refractivity contribution in [3.63, 3.8) is 0 Å². The van der Waals surface area contributed by atoms with Gasteiger partial charge in [-0.1, -0.05) is 56.0 Å². The number of carbonyl (C=O) groups excluding carboxylic acids is 1. The van der Waals surface area contributed by atoms with E-state index in [4.69, 9.17) is 24.0 Å². The van der Waals surface area contributed by atoms with Crippen LogP contribution < -0.4 is 27.5 Å². The van der Waals surface area contributed by atoms with Crippen molar-refractivity contribution in [3.8, 4) is 22.6 Å². The second kappa shape index (κ2) is 21.1. The molecule has 0 radical (unpaired) electrons.